The Hall–Kier alpha value is -1.25. The summed E-state index contributed by atoms with van der Waals surface area (Å²) in [6, 6.07) is -0.750. The van der Waals surface area contributed by atoms with Crippen LogP contribution in [0.4, 0.5) is 9.18 Å². The highest BCUT2D eigenvalue weighted by Gasteiger charge is 2.48. The van der Waals surface area contributed by atoms with Gasteiger partial charge in [0.1, 0.15) is 12.2 Å². The van der Waals surface area contributed by atoms with Crippen LogP contribution in [0.2, 0.25) is 0 Å². The highest BCUT2D eigenvalue weighted by molar-refractivity contribution is 5.96. The number of ether oxygens (including phenoxy) is 1. The van der Waals surface area contributed by atoms with Crippen molar-refractivity contribution in [3.8, 4) is 0 Å². The largest absolute Gasteiger partial charge is 0.394 e. The van der Waals surface area contributed by atoms with E-state index in [1.54, 1.807) is 0 Å². The third kappa shape index (κ3) is 2.11. The van der Waals surface area contributed by atoms with E-state index in [4.69, 9.17) is 9.84 Å². The van der Waals surface area contributed by atoms with Crippen molar-refractivity contribution in [3.05, 3.63) is 0 Å². The molecule has 0 aromatic carbocycles. The maximum Gasteiger partial charge on any atom is 0.326 e. The quantitative estimate of drug-likeness (QED) is 0.543. The Balaban J connectivity index is 2.08. The first-order valence-corrected chi connectivity index (χ1v) is 5.23. The minimum atomic E-state index is -1.80. The SMILES string of the molecule is O=C1CCN([C@@H]2O[C@H](CO)[C@@H](O)[C@H]2F)C(=O)N1. The molecule has 2 rings (SSSR count). The molecule has 0 bridgehead atoms. The number of aliphatic hydroxyl groups is 2. The first kappa shape index (κ1) is 12.2. The van der Waals surface area contributed by atoms with Crippen molar-refractivity contribution in [2.75, 3.05) is 13.2 Å². The number of rotatable bonds is 2. The molecular formula is C9H13FN2O5. The van der Waals surface area contributed by atoms with Crippen LogP contribution in [0.15, 0.2) is 0 Å². The van der Waals surface area contributed by atoms with E-state index in [9.17, 15) is 19.1 Å². The molecule has 0 aliphatic carbocycles. The molecular weight excluding hydrogens is 235 g/mol. The molecule has 0 unspecified atom stereocenters. The van der Waals surface area contributed by atoms with E-state index in [2.05, 4.69) is 0 Å². The maximum absolute atomic E-state index is 13.7. The number of urea groups is 1. The van der Waals surface area contributed by atoms with E-state index in [0.717, 1.165) is 4.90 Å². The highest BCUT2D eigenvalue weighted by atomic mass is 19.1. The number of halogens is 1. The molecule has 4 atom stereocenters. The molecule has 0 radical (unpaired) electrons. The number of nitrogens with zero attached hydrogens (tertiary/aromatic N) is 1. The Labute approximate surface area is 96.1 Å². The van der Waals surface area contributed by atoms with Crippen molar-refractivity contribution in [1.29, 1.82) is 0 Å². The standard InChI is InChI=1S/C9H13FN2O5/c10-6-7(15)4(3-13)17-8(6)12-2-1-5(14)11-9(12)16/h4,6-8,13,15H,1-3H2,(H,11,14,16)/t4-,6-,7-,8-/m1/s1. The summed E-state index contributed by atoms with van der Waals surface area (Å²) in [7, 11) is 0. The molecule has 0 saturated carbocycles. The van der Waals surface area contributed by atoms with E-state index < -0.39 is 43.2 Å². The van der Waals surface area contributed by atoms with Gasteiger partial charge < -0.3 is 14.9 Å². The van der Waals surface area contributed by atoms with Crippen molar-refractivity contribution in [2.45, 2.75) is 31.0 Å². The molecule has 2 aliphatic heterocycles. The number of carbonyl (C=O) groups excluding carboxylic acids is 2. The lowest BCUT2D eigenvalue weighted by atomic mass is 10.1. The molecule has 2 fully saturated rings. The Kier molecular flexibility index (Phi) is 3.27. The monoisotopic (exact) mass is 248 g/mol. The van der Waals surface area contributed by atoms with Crippen LogP contribution in [-0.2, 0) is 9.53 Å². The smallest absolute Gasteiger partial charge is 0.326 e. The summed E-state index contributed by atoms with van der Waals surface area (Å²) in [6.07, 6.45) is -5.55. The van der Waals surface area contributed by atoms with Gasteiger partial charge in [-0.15, -0.1) is 0 Å². The van der Waals surface area contributed by atoms with Crippen LogP contribution >= 0.6 is 0 Å². The van der Waals surface area contributed by atoms with Crippen LogP contribution in [0.5, 0.6) is 0 Å². The summed E-state index contributed by atoms with van der Waals surface area (Å²) in [5, 5.41) is 20.3. The van der Waals surface area contributed by atoms with E-state index in [0.29, 0.717) is 0 Å². The van der Waals surface area contributed by atoms with Gasteiger partial charge in [0.2, 0.25) is 5.91 Å². The number of hydrogen-bond donors (Lipinski definition) is 3. The van der Waals surface area contributed by atoms with Crippen molar-refractivity contribution >= 4 is 11.9 Å². The molecule has 0 spiro atoms. The summed E-state index contributed by atoms with van der Waals surface area (Å²) < 4.78 is 18.7. The van der Waals surface area contributed by atoms with Crippen LogP contribution in [0.1, 0.15) is 6.42 Å². The van der Waals surface area contributed by atoms with Crippen molar-refractivity contribution < 1.29 is 28.9 Å². The second-order valence-electron chi connectivity index (χ2n) is 3.98. The van der Waals surface area contributed by atoms with E-state index in [1.165, 1.54) is 0 Å². The normalized spacial score (nSPS) is 38.4. The Bertz CT molecular complexity index is 339. The summed E-state index contributed by atoms with van der Waals surface area (Å²) in [5.41, 5.74) is 0. The topological polar surface area (TPSA) is 99.1 Å². The van der Waals surface area contributed by atoms with Crippen LogP contribution < -0.4 is 5.32 Å². The van der Waals surface area contributed by atoms with E-state index in [-0.39, 0.29) is 13.0 Å². The van der Waals surface area contributed by atoms with Crippen LogP contribution in [0.3, 0.4) is 0 Å². The van der Waals surface area contributed by atoms with Crippen LogP contribution in [0, 0.1) is 0 Å². The molecule has 2 aliphatic rings. The number of alkyl halides is 1. The zero-order valence-corrected chi connectivity index (χ0v) is 8.88. The molecule has 17 heavy (non-hydrogen) atoms. The molecule has 0 aromatic rings. The zero-order valence-electron chi connectivity index (χ0n) is 8.88. The van der Waals surface area contributed by atoms with Crippen molar-refractivity contribution in [2.24, 2.45) is 0 Å². The predicted molar refractivity (Wildman–Crippen MR) is 51.5 cm³/mol. The molecule has 96 valence electrons. The number of imide groups is 1. The minimum Gasteiger partial charge on any atom is -0.394 e. The lowest BCUT2D eigenvalue weighted by molar-refractivity contribution is -0.124. The second kappa shape index (κ2) is 4.55. The lowest BCUT2D eigenvalue weighted by Crippen LogP contribution is -2.55. The van der Waals surface area contributed by atoms with Gasteiger partial charge in [-0.1, -0.05) is 0 Å². The molecule has 7 nitrogen and oxygen atoms in total. The van der Waals surface area contributed by atoms with Gasteiger partial charge in [0.15, 0.2) is 12.4 Å². The summed E-state index contributed by atoms with van der Waals surface area (Å²) >= 11 is 0. The van der Waals surface area contributed by atoms with Gasteiger partial charge in [0, 0.05) is 13.0 Å². The summed E-state index contributed by atoms with van der Waals surface area (Å²) in [6.45, 7) is -0.507. The average molecular weight is 248 g/mol. The average Bonchev–Trinajstić information content (AvgIpc) is 2.57. The fraction of sp³-hybridized carbons (Fsp3) is 0.778. The number of aliphatic hydroxyl groups excluding tert-OH is 2. The third-order valence-corrected chi connectivity index (χ3v) is 2.87. The van der Waals surface area contributed by atoms with Crippen molar-refractivity contribution in [3.63, 3.8) is 0 Å². The Morgan fingerprint density at radius 2 is 2.24 bits per heavy atom. The minimum absolute atomic E-state index is 0.0284. The van der Waals surface area contributed by atoms with Gasteiger partial charge in [0.25, 0.3) is 0 Å². The lowest BCUT2D eigenvalue weighted by Gasteiger charge is -2.32. The molecule has 8 heteroatoms. The van der Waals surface area contributed by atoms with E-state index in [1.807, 2.05) is 5.32 Å². The number of hydrogen-bond acceptors (Lipinski definition) is 5. The fourth-order valence-corrected chi connectivity index (χ4v) is 1.92. The first-order chi connectivity index (χ1) is 8.04. The fourth-order valence-electron chi connectivity index (χ4n) is 1.92. The van der Waals surface area contributed by atoms with Gasteiger partial charge >= 0.3 is 6.03 Å². The number of nitrogens with one attached hydrogen (secondary N) is 1. The van der Waals surface area contributed by atoms with Crippen LogP contribution in [0.25, 0.3) is 0 Å². The van der Waals surface area contributed by atoms with Gasteiger partial charge in [-0.3, -0.25) is 15.0 Å². The third-order valence-electron chi connectivity index (χ3n) is 2.87. The molecule has 3 amide bonds. The van der Waals surface area contributed by atoms with Gasteiger partial charge in [-0.25, -0.2) is 9.18 Å². The maximum atomic E-state index is 13.7. The molecule has 2 heterocycles. The zero-order chi connectivity index (χ0) is 12.6. The van der Waals surface area contributed by atoms with E-state index >= 15 is 0 Å². The van der Waals surface area contributed by atoms with Gasteiger partial charge in [-0.05, 0) is 0 Å². The molecule has 3 N–H and O–H groups in total. The first-order valence-electron chi connectivity index (χ1n) is 5.23. The number of carbonyl (C=O) groups is 2. The Morgan fingerprint density at radius 1 is 1.53 bits per heavy atom. The van der Waals surface area contributed by atoms with Gasteiger partial charge in [-0.2, -0.15) is 0 Å². The summed E-state index contributed by atoms with van der Waals surface area (Å²) in [4.78, 5) is 23.4. The Morgan fingerprint density at radius 3 is 2.76 bits per heavy atom. The molecule has 2 saturated heterocycles. The van der Waals surface area contributed by atoms with Gasteiger partial charge in [0.05, 0.1) is 6.61 Å². The van der Waals surface area contributed by atoms with Crippen LogP contribution in [-0.4, -0.2) is 64.8 Å². The summed E-state index contributed by atoms with van der Waals surface area (Å²) in [5.74, 6) is -0.432. The van der Waals surface area contributed by atoms with Crippen molar-refractivity contribution in [1.82, 2.24) is 10.2 Å². The predicted octanol–water partition coefficient (Wildman–Crippen LogP) is -1.66. The number of amides is 3. The molecule has 0 aromatic heterocycles. The second-order valence-corrected chi connectivity index (χ2v) is 3.98. The highest BCUT2D eigenvalue weighted by Crippen LogP contribution is 2.27.